The van der Waals surface area contributed by atoms with E-state index in [9.17, 15) is 0 Å². The SMILES string of the molecule is CC(C)(COCC(C)(C)c1ccccc1)c1ccccc1. The molecule has 1 heteroatoms. The van der Waals surface area contributed by atoms with Gasteiger partial charge in [0, 0.05) is 10.8 Å². The molecule has 0 fully saturated rings. The van der Waals surface area contributed by atoms with Crippen molar-refractivity contribution in [3.8, 4) is 0 Å². The van der Waals surface area contributed by atoms with E-state index in [2.05, 4.69) is 88.4 Å². The summed E-state index contributed by atoms with van der Waals surface area (Å²) in [6.45, 7) is 10.4. The Kier molecular flexibility index (Phi) is 4.84. The number of ether oxygens (including phenoxy) is 1. The molecule has 0 spiro atoms. The molecular weight excluding hydrogens is 256 g/mol. The maximum absolute atomic E-state index is 6.07. The molecule has 0 saturated heterocycles. The monoisotopic (exact) mass is 282 g/mol. The van der Waals surface area contributed by atoms with Gasteiger partial charge < -0.3 is 4.74 Å². The van der Waals surface area contributed by atoms with Gasteiger partial charge in [-0.25, -0.2) is 0 Å². The smallest absolute Gasteiger partial charge is 0.0558 e. The van der Waals surface area contributed by atoms with Gasteiger partial charge in [0.1, 0.15) is 0 Å². The minimum Gasteiger partial charge on any atom is -0.380 e. The summed E-state index contributed by atoms with van der Waals surface area (Å²) in [4.78, 5) is 0. The van der Waals surface area contributed by atoms with Crippen molar-refractivity contribution in [2.45, 2.75) is 38.5 Å². The molecule has 0 aliphatic heterocycles. The molecule has 0 heterocycles. The Hall–Kier alpha value is -1.60. The summed E-state index contributed by atoms with van der Waals surface area (Å²) in [6.07, 6.45) is 0. The van der Waals surface area contributed by atoms with E-state index < -0.39 is 0 Å². The number of rotatable bonds is 6. The Morgan fingerprint density at radius 1 is 0.619 bits per heavy atom. The van der Waals surface area contributed by atoms with Crippen molar-refractivity contribution >= 4 is 0 Å². The molecule has 0 atom stereocenters. The molecule has 21 heavy (non-hydrogen) atoms. The molecule has 2 aromatic carbocycles. The van der Waals surface area contributed by atoms with Crippen LogP contribution in [0.4, 0.5) is 0 Å². The molecule has 0 bridgehead atoms. The van der Waals surface area contributed by atoms with E-state index in [1.807, 2.05) is 0 Å². The Bertz CT molecular complexity index is 489. The molecule has 2 aromatic rings. The van der Waals surface area contributed by atoms with Gasteiger partial charge in [-0.05, 0) is 11.1 Å². The number of benzene rings is 2. The molecule has 0 unspecified atom stereocenters. The highest BCUT2D eigenvalue weighted by atomic mass is 16.5. The third-order valence-electron chi connectivity index (χ3n) is 4.04. The first-order valence-electron chi connectivity index (χ1n) is 7.61. The average Bonchev–Trinajstić information content (AvgIpc) is 2.49. The summed E-state index contributed by atoms with van der Waals surface area (Å²) in [5.74, 6) is 0. The standard InChI is InChI=1S/C20H26O/c1-19(2,17-11-7-5-8-12-17)15-21-16-20(3,4)18-13-9-6-10-14-18/h5-14H,15-16H2,1-4H3. The van der Waals surface area contributed by atoms with Gasteiger partial charge >= 0.3 is 0 Å². The van der Waals surface area contributed by atoms with Crippen LogP contribution in [0.15, 0.2) is 60.7 Å². The van der Waals surface area contributed by atoms with Crippen LogP contribution in [-0.2, 0) is 15.6 Å². The van der Waals surface area contributed by atoms with Crippen LogP contribution in [0.25, 0.3) is 0 Å². The third kappa shape index (κ3) is 4.18. The molecule has 112 valence electrons. The van der Waals surface area contributed by atoms with E-state index in [1.54, 1.807) is 0 Å². The molecular formula is C20H26O. The van der Waals surface area contributed by atoms with E-state index >= 15 is 0 Å². The van der Waals surface area contributed by atoms with Crippen molar-refractivity contribution in [2.24, 2.45) is 0 Å². The second kappa shape index (κ2) is 6.44. The van der Waals surface area contributed by atoms with Gasteiger partial charge in [0.2, 0.25) is 0 Å². The van der Waals surface area contributed by atoms with E-state index in [-0.39, 0.29) is 10.8 Å². The highest BCUT2D eigenvalue weighted by Gasteiger charge is 2.24. The second-order valence-corrected chi connectivity index (χ2v) is 6.99. The van der Waals surface area contributed by atoms with Crippen LogP contribution in [0.3, 0.4) is 0 Å². The Morgan fingerprint density at radius 2 is 0.952 bits per heavy atom. The van der Waals surface area contributed by atoms with Gasteiger partial charge in [-0.3, -0.25) is 0 Å². The van der Waals surface area contributed by atoms with Gasteiger partial charge in [-0.2, -0.15) is 0 Å². The van der Waals surface area contributed by atoms with Gasteiger partial charge in [0.25, 0.3) is 0 Å². The minimum atomic E-state index is 0.0357. The zero-order valence-electron chi connectivity index (χ0n) is 13.6. The molecule has 0 amide bonds. The van der Waals surface area contributed by atoms with Crippen molar-refractivity contribution in [1.29, 1.82) is 0 Å². The molecule has 0 aliphatic rings. The van der Waals surface area contributed by atoms with Gasteiger partial charge in [0.15, 0.2) is 0 Å². The van der Waals surface area contributed by atoms with Crippen molar-refractivity contribution in [1.82, 2.24) is 0 Å². The van der Waals surface area contributed by atoms with Crippen LogP contribution in [0.5, 0.6) is 0 Å². The van der Waals surface area contributed by atoms with Crippen molar-refractivity contribution in [3.63, 3.8) is 0 Å². The van der Waals surface area contributed by atoms with Crippen LogP contribution in [0, 0.1) is 0 Å². The van der Waals surface area contributed by atoms with Gasteiger partial charge in [0.05, 0.1) is 13.2 Å². The lowest BCUT2D eigenvalue weighted by atomic mass is 9.84. The lowest BCUT2D eigenvalue weighted by molar-refractivity contribution is 0.0634. The molecule has 0 aromatic heterocycles. The quantitative estimate of drug-likeness (QED) is 0.727. The van der Waals surface area contributed by atoms with Crippen molar-refractivity contribution in [3.05, 3.63) is 71.8 Å². The maximum atomic E-state index is 6.07. The van der Waals surface area contributed by atoms with Gasteiger partial charge in [-0.1, -0.05) is 88.4 Å². The van der Waals surface area contributed by atoms with Crippen LogP contribution in [-0.4, -0.2) is 13.2 Å². The predicted molar refractivity (Wildman–Crippen MR) is 89.8 cm³/mol. The summed E-state index contributed by atoms with van der Waals surface area (Å²) in [7, 11) is 0. The van der Waals surface area contributed by atoms with Crippen LogP contribution in [0.2, 0.25) is 0 Å². The topological polar surface area (TPSA) is 9.23 Å². The summed E-state index contributed by atoms with van der Waals surface area (Å²) < 4.78 is 6.07. The minimum absolute atomic E-state index is 0.0357. The van der Waals surface area contributed by atoms with Crippen molar-refractivity contribution < 1.29 is 4.74 Å². The highest BCUT2D eigenvalue weighted by molar-refractivity contribution is 5.24. The summed E-state index contributed by atoms with van der Waals surface area (Å²) >= 11 is 0. The zero-order chi connectivity index (χ0) is 15.3. The first kappa shape index (κ1) is 15.8. The summed E-state index contributed by atoms with van der Waals surface area (Å²) in [5, 5.41) is 0. The Morgan fingerprint density at radius 3 is 1.29 bits per heavy atom. The van der Waals surface area contributed by atoms with E-state index in [0.717, 1.165) is 13.2 Å². The molecule has 1 nitrogen and oxygen atoms in total. The first-order chi connectivity index (χ1) is 9.92. The Labute approximate surface area is 129 Å². The highest BCUT2D eigenvalue weighted by Crippen LogP contribution is 2.26. The van der Waals surface area contributed by atoms with E-state index in [1.165, 1.54) is 11.1 Å². The molecule has 0 N–H and O–H groups in total. The Balaban J connectivity index is 1.95. The maximum Gasteiger partial charge on any atom is 0.0558 e. The van der Waals surface area contributed by atoms with Crippen molar-refractivity contribution in [2.75, 3.05) is 13.2 Å². The molecule has 0 radical (unpaired) electrons. The second-order valence-electron chi connectivity index (χ2n) is 6.99. The lowest BCUT2D eigenvalue weighted by Crippen LogP contribution is -2.30. The van der Waals surface area contributed by atoms with Crippen LogP contribution >= 0.6 is 0 Å². The molecule has 2 rings (SSSR count). The zero-order valence-corrected chi connectivity index (χ0v) is 13.6. The van der Waals surface area contributed by atoms with Gasteiger partial charge in [-0.15, -0.1) is 0 Å². The fourth-order valence-electron chi connectivity index (χ4n) is 2.51. The largest absolute Gasteiger partial charge is 0.380 e. The van der Waals surface area contributed by atoms with Crippen LogP contribution in [0.1, 0.15) is 38.8 Å². The molecule has 0 saturated carbocycles. The summed E-state index contributed by atoms with van der Waals surface area (Å²) in [5.41, 5.74) is 2.72. The summed E-state index contributed by atoms with van der Waals surface area (Å²) in [6, 6.07) is 21.2. The number of hydrogen-bond acceptors (Lipinski definition) is 1. The lowest BCUT2D eigenvalue weighted by Gasteiger charge is -2.30. The van der Waals surface area contributed by atoms with Crippen LogP contribution < -0.4 is 0 Å². The normalized spacial score (nSPS) is 12.4. The number of hydrogen-bond donors (Lipinski definition) is 0. The fraction of sp³-hybridized carbons (Fsp3) is 0.400. The predicted octanol–water partition coefficient (Wildman–Crippen LogP) is 4.96. The fourth-order valence-corrected chi connectivity index (χ4v) is 2.51. The first-order valence-corrected chi connectivity index (χ1v) is 7.61. The van der Waals surface area contributed by atoms with E-state index in [0.29, 0.717) is 0 Å². The third-order valence-corrected chi connectivity index (χ3v) is 4.04. The molecule has 0 aliphatic carbocycles. The van der Waals surface area contributed by atoms with E-state index in [4.69, 9.17) is 4.74 Å². The average molecular weight is 282 g/mol.